The molecule has 0 bridgehead atoms. The third kappa shape index (κ3) is 6.98. The second-order valence-corrected chi connectivity index (χ2v) is 7.45. The predicted octanol–water partition coefficient (Wildman–Crippen LogP) is -0.189. The third-order valence-corrected chi connectivity index (χ3v) is 5.65. The molecule has 0 aromatic carbocycles. The Labute approximate surface area is 161 Å². The highest BCUT2D eigenvalue weighted by atomic mass is 16.5. The molecule has 1 saturated carbocycles. The van der Waals surface area contributed by atoms with Crippen molar-refractivity contribution in [3.05, 3.63) is 12.3 Å². The molecule has 7 unspecified atom stereocenters. The van der Waals surface area contributed by atoms with Gasteiger partial charge in [-0.15, -0.1) is 0 Å². The number of aliphatic hydroxyl groups is 5. The molecular weight excluding hydrogens is 356 g/mol. The summed E-state index contributed by atoms with van der Waals surface area (Å²) < 4.78 is 15.7. The zero-order valence-corrected chi connectivity index (χ0v) is 16.5. The lowest BCUT2D eigenvalue weighted by Gasteiger charge is -2.36. The van der Waals surface area contributed by atoms with Crippen LogP contribution in [0.25, 0.3) is 0 Å². The minimum atomic E-state index is -0.699. The molecule has 2 rings (SSSR count). The quantitative estimate of drug-likeness (QED) is 0.417. The van der Waals surface area contributed by atoms with Crippen molar-refractivity contribution in [2.45, 2.75) is 62.6 Å². The van der Waals surface area contributed by atoms with Crippen LogP contribution in [0.1, 0.15) is 32.6 Å². The van der Waals surface area contributed by atoms with Crippen molar-refractivity contribution in [3.8, 4) is 0 Å². The molecule has 8 heteroatoms. The van der Waals surface area contributed by atoms with Crippen molar-refractivity contribution in [3.63, 3.8) is 0 Å². The molecule has 0 aromatic rings. The Morgan fingerprint density at radius 1 is 1.11 bits per heavy atom. The summed E-state index contributed by atoms with van der Waals surface area (Å²) in [7, 11) is 3.18. The molecule has 0 radical (unpaired) electrons. The van der Waals surface area contributed by atoms with Crippen molar-refractivity contribution < 1.29 is 39.7 Å². The van der Waals surface area contributed by atoms with Gasteiger partial charge in [-0.05, 0) is 24.8 Å². The molecule has 0 aromatic heterocycles. The SMILES string of the molecule is COC1CC(O)C(C)CCC1(CO)OC.OCC1CO/C=C\C(O)CC1O. The smallest absolute Gasteiger partial charge is 0.117 e. The Bertz CT molecular complexity index is 426. The van der Waals surface area contributed by atoms with E-state index in [4.69, 9.17) is 19.3 Å². The molecule has 0 spiro atoms. The van der Waals surface area contributed by atoms with Crippen molar-refractivity contribution in [1.29, 1.82) is 0 Å². The minimum Gasteiger partial charge on any atom is -0.501 e. The molecule has 5 N–H and O–H groups in total. The van der Waals surface area contributed by atoms with Crippen LogP contribution in [0.4, 0.5) is 0 Å². The maximum Gasteiger partial charge on any atom is 0.117 e. The van der Waals surface area contributed by atoms with Gasteiger partial charge in [0.25, 0.3) is 0 Å². The maximum absolute atomic E-state index is 9.87. The third-order valence-electron chi connectivity index (χ3n) is 5.65. The highest BCUT2D eigenvalue weighted by molar-refractivity contribution is 4.94. The van der Waals surface area contributed by atoms with Crippen LogP contribution in [0.5, 0.6) is 0 Å². The number of ether oxygens (including phenoxy) is 3. The summed E-state index contributed by atoms with van der Waals surface area (Å²) in [5.41, 5.74) is -0.652. The van der Waals surface area contributed by atoms with Gasteiger partial charge < -0.3 is 39.7 Å². The Morgan fingerprint density at radius 2 is 1.81 bits per heavy atom. The first-order chi connectivity index (χ1) is 12.8. The summed E-state index contributed by atoms with van der Waals surface area (Å²) in [6.45, 7) is 2.12. The van der Waals surface area contributed by atoms with Crippen molar-refractivity contribution >= 4 is 0 Å². The molecule has 0 saturated heterocycles. The van der Waals surface area contributed by atoms with Gasteiger partial charge in [0.1, 0.15) is 5.60 Å². The van der Waals surface area contributed by atoms with Gasteiger partial charge in [0.2, 0.25) is 0 Å². The second kappa shape index (κ2) is 12.0. The summed E-state index contributed by atoms with van der Waals surface area (Å²) in [6.07, 6.45) is 3.22. The van der Waals surface area contributed by atoms with Crippen LogP contribution < -0.4 is 0 Å². The molecule has 1 heterocycles. The summed E-state index contributed by atoms with van der Waals surface area (Å²) in [5.74, 6) is -0.0733. The van der Waals surface area contributed by atoms with Gasteiger partial charge in [-0.1, -0.05) is 6.92 Å². The molecule has 27 heavy (non-hydrogen) atoms. The standard InChI is InChI=1S/C11H22O4.C8H14O4/c1-8-4-5-11(7-12,15-3)10(14-2)6-9(8)13;9-4-6-5-12-2-1-7(10)3-8(6)11/h8-10,12-13H,4-7H2,1-3H3;1-2,6-11H,3-5H2/b;2-1-. The Hall–Kier alpha value is -0.740. The van der Waals surface area contributed by atoms with Crippen molar-refractivity contribution in [2.75, 3.05) is 34.0 Å². The minimum absolute atomic E-state index is 0.0680. The maximum atomic E-state index is 9.87. The van der Waals surface area contributed by atoms with E-state index in [9.17, 15) is 20.4 Å². The normalized spacial score (nSPS) is 41.2. The van der Waals surface area contributed by atoms with Gasteiger partial charge in [0.05, 0.1) is 50.5 Å². The van der Waals surface area contributed by atoms with Crippen LogP contribution in [0, 0.1) is 11.8 Å². The highest BCUT2D eigenvalue weighted by Gasteiger charge is 2.43. The molecule has 2 aliphatic rings. The first-order valence-corrected chi connectivity index (χ1v) is 9.45. The molecule has 0 amide bonds. The van der Waals surface area contributed by atoms with Crippen molar-refractivity contribution in [2.24, 2.45) is 11.8 Å². The highest BCUT2D eigenvalue weighted by Crippen LogP contribution is 2.34. The molecule has 8 nitrogen and oxygen atoms in total. The Morgan fingerprint density at radius 3 is 2.37 bits per heavy atom. The average molecular weight is 392 g/mol. The zero-order chi connectivity index (χ0) is 20.4. The van der Waals surface area contributed by atoms with Gasteiger partial charge in [-0.3, -0.25) is 0 Å². The van der Waals surface area contributed by atoms with Gasteiger partial charge >= 0.3 is 0 Å². The van der Waals surface area contributed by atoms with Gasteiger partial charge in [-0.25, -0.2) is 0 Å². The van der Waals surface area contributed by atoms with Crippen molar-refractivity contribution in [1.82, 2.24) is 0 Å². The lowest BCUT2D eigenvalue weighted by molar-refractivity contribution is -0.148. The molecule has 160 valence electrons. The topological polar surface area (TPSA) is 129 Å². The average Bonchev–Trinajstić information content (AvgIpc) is 2.78. The number of hydrogen-bond acceptors (Lipinski definition) is 8. The number of hydrogen-bond donors (Lipinski definition) is 5. The van der Waals surface area contributed by atoms with E-state index in [1.807, 2.05) is 6.92 Å². The zero-order valence-electron chi connectivity index (χ0n) is 16.5. The first-order valence-electron chi connectivity index (χ1n) is 9.45. The Kier molecular flexibility index (Phi) is 10.8. The van der Waals surface area contributed by atoms with Crippen LogP contribution in [0.2, 0.25) is 0 Å². The van der Waals surface area contributed by atoms with Crippen LogP contribution in [0.3, 0.4) is 0 Å². The molecule has 1 fully saturated rings. The van der Waals surface area contributed by atoms with E-state index < -0.39 is 17.8 Å². The first kappa shape index (κ1) is 24.3. The second-order valence-electron chi connectivity index (χ2n) is 7.45. The number of aliphatic hydroxyl groups excluding tert-OH is 5. The van der Waals surface area contributed by atoms with E-state index in [1.165, 1.54) is 12.3 Å². The van der Waals surface area contributed by atoms with Crippen LogP contribution in [0.15, 0.2) is 12.3 Å². The van der Waals surface area contributed by atoms with E-state index in [2.05, 4.69) is 0 Å². The monoisotopic (exact) mass is 392 g/mol. The molecular formula is C19H36O8. The summed E-state index contributed by atoms with van der Waals surface area (Å²) >= 11 is 0. The van der Waals surface area contributed by atoms with Crippen LogP contribution in [-0.2, 0) is 14.2 Å². The summed E-state index contributed by atoms with van der Waals surface area (Å²) in [5, 5.41) is 46.7. The number of rotatable bonds is 4. The summed E-state index contributed by atoms with van der Waals surface area (Å²) in [4.78, 5) is 0. The van der Waals surface area contributed by atoms with Gasteiger partial charge in [-0.2, -0.15) is 0 Å². The molecule has 7 atom stereocenters. The molecule has 1 aliphatic heterocycles. The van der Waals surface area contributed by atoms with E-state index in [0.29, 0.717) is 13.0 Å². The van der Waals surface area contributed by atoms with Crippen LogP contribution in [-0.4, -0.2) is 89.6 Å². The lowest BCUT2D eigenvalue weighted by atomic mass is 9.92. The van der Waals surface area contributed by atoms with Gasteiger partial charge in [0.15, 0.2) is 0 Å². The van der Waals surface area contributed by atoms with Gasteiger partial charge in [0, 0.05) is 33.0 Å². The molecule has 1 aliphatic carbocycles. The number of methoxy groups -OCH3 is 2. The largest absolute Gasteiger partial charge is 0.501 e. The fourth-order valence-electron chi connectivity index (χ4n) is 3.41. The van der Waals surface area contributed by atoms with E-state index in [1.54, 1.807) is 14.2 Å². The fourth-order valence-corrected chi connectivity index (χ4v) is 3.41. The van der Waals surface area contributed by atoms with E-state index in [-0.39, 0.29) is 43.7 Å². The Balaban J connectivity index is 0.000000277. The van der Waals surface area contributed by atoms with Crippen LogP contribution >= 0.6 is 0 Å². The van der Waals surface area contributed by atoms with E-state index in [0.717, 1.165) is 12.8 Å². The predicted molar refractivity (Wildman–Crippen MR) is 98.9 cm³/mol. The lowest BCUT2D eigenvalue weighted by Crippen LogP contribution is -2.48. The van der Waals surface area contributed by atoms with E-state index >= 15 is 0 Å². The fraction of sp³-hybridized carbons (Fsp3) is 0.895. The summed E-state index contributed by atoms with van der Waals surface area (Å²) in [6, 6.07) is 0.